The van der Waals surface area contributed by atoms with Crippen molar-refractivity contribution in [2.45, 2.75) is 72.4 Å². The van der Waals surface area contributed by atoms with Gasteiger partial charge in [-0.15, -0.1) is 0 Å². The summed E-state index contributed by atoms with van der Waals surface area (Å²) in [6.07, 6.45) is 5.45. The van der Waals surface area contributed by atoms with E-state index in [1.807, 2.05) is 0 Å². The van der Waals surface area contributed by atoms with Gasteiger partial charge >= 0.3 is 0 Å². The molecule has 1 aliphatic heterocycles. The molecule has 0 aliphatic carbocycles. The lowest BCUT2D eigenvalue weighted by molar-refractivity contribution is 0.0925. The maximum absolute atomic E-state index is 5.72. The van der Waals surface area contributed by atoms with Gasteiger partial charge < -0.3 is 10.1 Å². The summed E-state index contributed by atoms with van der Waals surface area (Å²) in [6.45, 7) is 13.6. The molecular formula is C15H31NO. The molecule has 2 heteroatoms. The molecule has 0 aromatic heterocycles. The molecule has 1 aliphatic rings. The molecule has 0 radical (unpaired) electrons. The first-order chi connectivity index (χ1) is 7.94. The summed E-state index contributed by atoms with van der Waals surface area (Å²) in [7, 11) is 0. The van der Waals surface area contributed by atoms with Crippen LogP contribution in [0, 0.1) is 11.3 Å². The van der Waals surface area contributed by atoms with Gasteiger partial charge in [-0.25, -0.2) is 0 Å². The normalized spacial score (nSPS) is 27.4. The highest BCUT2D eigenvalue weighted by Gasteiger charge is 2.31. The van der Waals surface area contributed by atoms with Crippen LogP contribution in [0.3, 0.4) is 0 Å². The second-order valence-corrected chi connectivity index (χ2v) is 6.69. The minimum absolute atomic E-state index is 0.435. The third-order valence-electron chi connectivity index (χ3n) is 3.81. The fraction of sp³-hybridized carbons (Fsp3) is 1.00. The molecule has 1 fully saturated rings. The van der Waals surface area contributed by atoms with Gasteiger partial charge in [-0.3, -0.25) is 0 Å². The second kappa shape index (κ2) is 6.75. The predicted molar refractivity (Wildman–Crippen MR) is 74.3 cm³/mol. The molecule has 17 heavy (non-hydrogen) atoms. The van der Waals surface area contributed by atoms with E-state index < -0.39 is 0 Å². The fourth-order valence-corrected chi connectivity index (χ4v) is 2.66. The summed E-state index contributed by atoms with van der Waals surface area (Å²) in [5.74, 6) is 0.712. The van der Waals surface area contributed by atoms with Gasteiger partial charge in [0.15, 0.2) is 0 Å². The zero-order valence-electron chi connectivity index (χ0n) is 12.4. The molecule has 0 amide bonds. The number of ether oxygens (including phenoxy) is 1. The van der Waals surface area contributed by atoms with Crippen LogP contribution in [-0.4, -0.2) is 25.3 Å². The van der Waals surface area contributed by atoms with Crippen LogP contribution < -0.4 is 5.32 Å². The molecule has 1 rings (SSSR count). The van der Waals surface area contributed by atoms with Gasteiger partial charge in [0.05, 0.1) is 6.10 Å². The average Bonchev–Trinajstić information content (AvgIpc) is 2.63. The molecule has 0 saturated carbocycles. The Morgan fingerprint density at radius 1 is 1.35 bits per heavy atom. The van der Waals surface area contributed by atoms with Crippen molar-refractivity contribution in [1.29, 1.82) is 0 Å². The minimum atomic E-state index is 0.435. The van der Waals surface area contributed by atoms with E-state index in [1.54, 1.807) is 0 Å². The Kier molecular flexibility index (Phi) is 5.94. The van der Waals surface area contributed by atoms with E-state index in [-0.39, 0.29) is 0 Å². The predicted octanol–water partition coefficient (Wildman–Crippen LogP) is 3.61. The third kappa shape index (κ3) is 5.39. The summed E-state index contributed by atoms with van der Waals surface area (Å²) >= 11 is 0. The SMILES string of the molecule is CCCNC(CCC(C)(C)C)C1CCOC1C. The zero-order chi connectivity index (χ0) is 12.9. The Balaban J connectivity index is 2.47. The maximum Gasteiger partial charge on any atom is 0.0590 e. The molecule has 102 valence electrons. The highest BCUT2D eigenvalue weighted by molar-refractivity contribution is 4.85. The summed E-state index contributed by atoms with van der Waals surface area (Å²) in [5, 5.41) is 3.73. The smallest absolute Gasteiger partial charge is 0.0590 e. The number of hydrogen-bond acceptors (Lipinski definition) is 2. The molecule has 3 unspecified atom stereocenters. The Bertz CT molecular complexity index is 209. The van der Waals surface area contributed by atoms with Crippen LogP contribution in [-0.2, 0) is 4.74 Å². The van der Waals surface area contributed by atoms with Crippen LogP contribution in [0.2, 0.25) is 0 Å². The van der Waals surface area contributed by atoms with Crippen molar-refractivity contribution in [2.24, 2.45) is 11.3 Å². The number of hydrogen-bond donors (Lipinski definition) is 1. The van der Waals surface area contributed by atoms with E-state index in [4.69, 9.17) is 4.74 Å². The van der Waals surface area contributed by atoms with Gasteiger partial charge in [0.25, 0.3) is 0 Å². The van der Waals surface area contributed by atoms with Crippen LogP contribution in [0.25, 0.3) is 0 Å². The lowest BCUT2D eigenvalue weighted by Gasteiger charge is -2.29. The minimum Gasteiger partial charge on any atom is -0.378 e. The van der Waals surface area contributed by atoms with Gasteiger partial charge in [0.2, 0.25) is 0 Å². The van der Waals surface area contributed by atoms with Gasteiger partial charge in [0, 0.05) is 18.6 Å². The van der Waals surface area contributed by atoms with Crippen molar-refractivity contribution in [2.75, 3.05) is 13.2 Å². The summed E-state index contributed by atoms with van der Waals surface area (Å²) in [4.78, 5) is 0. The molecule has 3 atom stereocenters. The number of rotatable bonds is 6. The Morgan fingerprint density at radius 2 is 2.06 bits per heavy atom. The lowest BCUT2D eigenvalue weighted by atomic mass is 9.83. The third-order valence-corrected chi connectivity index (χ3v) is 3.81. The molecule has 0 aromatic rings. The standard InChI is InChI=1S/C15H31NO/c1-6-10-16-14(7-9-15(3,4)5)13-8-11-17-12(13)2/h12-14,16H,6-11H2,1-5H3. The van der Waals surface area contributed by atoms with E-state index in [0.717, 1.165) is 13.2 Å². The highest BCUT2D eigenvalue weighted by Crippen LogP contribution is 2.29. The molecule has 0 spiro atoms. The summed E-state index contributed by atoms with van der Waals surface area (Å²) in [5.41, 5.74) is 0.439. The Hall–Kier alpha value is -0.0800. The van der Waals surface area contributed by atoms with Crippen LogP contribution in [0.15, 0.2) is 0 Å². The lowest BCUT2D eigenvalue weighted by Crippen LogP contribution is -2.40. The van der Waals surface area contributed by atoms with E-state index in [1.165, 1.54) is 25.7 Å². The van der Waals surface area contributed by atoms with E-state index in [0.29, 0.717) is 23.5 Å². The van der Waals surface area contributed by atoms with E-state index in [2.05, 4.69) is 39.9 Å². The van der Waals surface area contributed by atoms with E-state index in [9.17, 15) is 0 Å². The van der Waals surface area contributed by atoms with Crippen molar-refractivity contribution in [3.8, 4) is 0 Å². The Morgan fingerprint density at radius 3 is 2.53 bits per heavy atom. The molecule has 1 heterocycles. The van der Waals surface area contributed by atoms with Crippen molar-refractivity contribution in [3.05, 3.63) is 0 Å². The molecule has 2 nitrogen and oxygen atoms in total. The largest absolute Gasteiger partial charge is 0.378 e. The first-order valence-corrected chi connectivity index (χ1v) is 7.29. The van der Waals surface area contributed by atoms with Gasteiger partial charge in [-0.05, 0) is 44.6 Å². The highest BCUT2D eigenvalue weighted by atomic mass is 16.5. The quantitative estimate of drug-likeness (QED) is 0.767. The first-order valence-electron chi connectivity index (χ1n) is 7.29. The first kappa shape index (κ1) is 15.0. The fourth-order valence-electron chi connectivity index (χ4n) is 2.66. The summed E-state index contributed by atoms with van der Waals surface area (Å²) < 4.78 is 5.72. The van der Waals surface area contributed by atoms with Crippen molar-refractivity contribution in [1.82, 2.24) is 5.32 Å². The monoisotopic (exact) mass is 241 g/mol. The van der Waals surface area contributed by atoms with Crippen LogP contribution in [0.1, 0.15) is 60.3 Å². The molecule has 0 aromatic carbocycles. The van der Waals surface area contributed by atoms with Crippen molar-refractivity contribution >= 4 is 0 Å². The molecule has 1 N–H and O–H groups in total. The summed E-state index contributed by atoms with van der Waals surface area (Å²) in [6, 6.07) is 0.645. The number of nitrogens with one attached hydrogen (secondary N) is 1. The Labute approximate surface area is 108 Å². The van der Waals surface area contributed by atoms with Crippen molar-refractivity contribution in [3.63, 3.8) is 0 Å². The average molecular weight is 241 g/mol. The van der Waals surface area contributed by atoms with Gasteiger partial charge in [-0.1, -0.05) is 27.7 Å². The second-order valence-electron chi connectivity index (χ2n) is 6.69. The topological polar surface area (TPSA) is 21.3 Å². The zero-order valence-corrected chi connectivity index (χ0v) is 12.4. The van der Waals surface area contributed by atoms with Gasteiger partial charge in [0.1, 0.15) is 0 Å². The maximum atomic E-state index is 5.72. The van der Waals surface area contributed by atoms with Crippen molar-refractivity contribution < 1.29 is 4.74 Å². The van der Waals surface area contributed by atoms with Crippen LogP contribution in [0.4, 0.5) is 0 Å². The van der Waals surface area contributed by atoms with E-state index >= 15 is 0 Å². The molecule has 0 bridgehead atoms. The van der Waals surface area contributed by atoms with Crippen LogP contribution in [0.5, 0.6) is 0 Å². The van der Waals surface area contributed by atoms with Gasteiger partial charge in [-0.2, -0.15) is 0 Å². The van der Waals surface area contributed by atoms with Crippen LogP contribution >= 0.6 is 0 Å². The molecule has 1 saturated heterocycles. The molecular weight excluding hydrogens is 210 g/mol.